The highest BCUT2D eigenvalue weighted by Crippen LogP contribution is 2.03. The number of rotatable bonds is 6. The van der Waals surface area contributed by atoms with Gasteiger partial charge < -0.3 is 11.1 Å². The Labute approximate surface area is 91.2 Å². The van der Waals surface area contributed by atoms with E-state index in [1.165, 1.54) is 0 Å². The lowest BCUT2D eigenvalue weighted by Gasteiger charge is -2.17. The van der Waals surface area contributed by atoms with Crippen LogP contribution in [0.1, 0.15) is 20.8 Å². The molecular formula is C10H22N2OS. The second kappa shape index (κ2) is 7.12. The zero-order valence-electron chi connectivity index (χ0n) is 9.54. The van der Waals surface area contributed by atoms with Gasteiger partial charge in [0.05, 0.1) is 6.04 Å². The molecule has 0 radical (unpaired) electrons. The number of thioether (sulfide) groups is 1. The third-order valence-corrected chi connectivity index (χ3v) is 3.00. The second-order valence-electron chi connectivity index (χ2n) is 4.08. The molecule has 1 amide bonds. The Kier molecular flexibility index (Phi) is 7.01. The summed E-state index contributed by atoms with van der Waals surface area (Å²) in [5.74, 6) is 1.74. The summed E-state index contributed by atoms with van der Waals surface area (Å²) >= 11 is 1.79. The lowest BCUT2D eigenvalue weighted by Crippen LogP contribution is -2.45. The maximum absolute atomic E-state index is 11.5. The van der Waals surface area contributed by atoms with Crippen LogP contribution in [0, 0.1) is 11.8 Å². The summed E-state index contributed by atoms with van der Waals surface area (Å²) in [5.41, 5.74) is 5.70. The minimum Gasteiger partial charge on any atom is -0.354 e. The van der Waals surface area contributed by atoms with E-state index in [1.807, 2.05) is 13.8 Å². The molecule has 0 aromatic carbocycles. The molecule has 0 rings (SSSR count). The Morgan fingerprint density at radius 2 is 2.00 bits per heavy atom. The van der Waals surface area contributed by atoms with Crippen LogP contribution in [0.2, 0.25) is 0 Å². The van der Waals surface area contributed by atoms with Crippen LogP contribution in [0.3, 0.4) is 0 Å². The molecule has 0 spiro atoms. The zero-order chi connectivity index (χ0) is 11.1. The van der Waals surface area contributed by atoms with Gasteiger partial charge in [-0.3, -0.25) is 4.79 Å². The lowest BCUT2D eigenvalue weighted by atomic mass is 10.0. The minimum atomic E-state index is -0.378. The molecule has 0 fully saturated rings. The molecule has 0 bridgehead atoms. The van der Waals surface area contributed by atoms with Crippen LogP contribution >= 0.6 is 11.8 Å². The van der Waals surface area contributed by atoms with E-state index in [1.54, 1.807) is 11.8 Å². The van der Waals surface area contributed by atoms with Crippen LogP contribution in [0.15, 0.2) is 0 Å². The molecule has 4 heteroatoms. The van der Waals surface area contributed by atoms with Crippen molar-refractivity contribution < 1.29 is 4.79 Å². The highest BCUT2D eigenvalue weighted by molar-refractivity contribution is 7.98. The standard InChI is InChI=1S/C10H22N2OS/c1-7(2)9(11)10(13)12-5-8(3)6-14-4/h7-9H,5-6,11H2,1-4H3,(H,12,13)/t8?,9-/m0/s1. The van der Waals surface area contributed by atoms with E-state index in [-0.39, 0.29) is 17.9 Å². The van der Waals surface area contributed by atoms with Crippen LogP contribution in [-0.2, 0) is 4.79 Å². The minimum absolute atomic E-state index is 0.0343. The van der Waals surface area contributed by atoms with Gasteiger partial charge in [0.25, 0.3) is 0 Å². The quantitative estimate of drug-likeness (QED) is 0.701. The molecule has 3 nitrogen and oxygen atoms in total. The molecule has 2 atom stereocenters. The highest BCUT2D eigenvalue weighted by atomic mass is 32.2. The van der Waals surface area contributed by atoms with Gasteiger partial charge in [0.2, 0.25) is 5.91 Å². The number of hydrogen-bond donors (Lipinski definition) is 2. The van der Waals surface area contributed by atoms with Gasteiger partial charge >= 0.3 is 0 Å². The van der Waals surface area contributed by atoms with Gasteiger partial charge in [0.1, 0.15) is 0 Å². The van der Waals surface area contributed by atoms with Gasteiger partial charge in [-0.25, -0.2) is 0 Å². The van der Waals surface area contributed by atoms with Crippen LogP contribution < -0.4 is 11.1 Å². The number of nitrogens with two attached hydrogens (primary N) is 1. The van der Waals surface area contributed by atoms with E-state index >= 15 is 0 Å². The molecule has 0 aromatic heterocycles. The SMILES string of the molecule is CSCC(C)CNC(=O)[C@@H](N)C(C)C. The molecule has 3 N–H and O–H groups in total. The van der Waals surface area contributed by atoms with E-state index in [9.17, 15) is 4.79 Å². The van der Waals surface area contributed by atoms with E-state index in [0.29, 0.717) is 5.92 Å². The van der Waals surface area contributed by atoms with E-state index in [0.717, 1.165) is 12.3 Å². The molecule has 0 aliphatic carbocycles. The molecule has 0 aliphatic rings. The molecule has 0 saturated heterocycles. The predicted molar refractivity (Wildman–Crippen MR) is 63.4 cm³/mol. The van der Waals surface area contributed by atoms with Gasteiger partial charge in [0.15, 0.2) is 0 Å². The third kappa shape index (κ3) is 5.50. The van der Waals surface area contributed by atoms with Crippen molar-refractivity contribution in [2.45, 2.75) is 26.8 Å². The van der Waals surface area contributed by atoms with E-state index < -0.39 is 0 Å². The summed E-state index contributed by atoms with van der Waals surface area (Å²) < 4.78 is 0. The Morgan fingerprint density at radius 1 is 1.43 bits per heavy atom. The monoisotopic (exact) mass is 218 g/mol. The maximum Gasteiger partial charge on any atom is 0.237 e. The summed E-state index contributed by atoms with van der Waals surface area (Å²) in [5, 5.41) is 2.87. The molecule has 0 aliphatic heterocycles. The topological polar surface area (TPSA) is 55.1 Å². The summed E-state index contributed by atoms with van der Waals surface area (Å²) in [6.07, 6.45) is 2.07. The fraction of sp³-hybridized carbons (Fsp3) is 0.900. The zero-order valence-corrected chi connectivity index (χ0v) is 10.4. The van der Waals surface area contributed by atoms with Crippen LogP contribution in [0.25, 0.3) is 0 Å². The predicted octanol–water partition coefficient (Wildman–Crippen LogP) is 1.08. The fourth-order valence-corrected chi connectivity index (χ4v) is 1.73. The fourth-order valence-electron chi connectivity index (χ4n) is 1.04. The molecule has 0 heterocycles. The van der Waals surface area contributed by atoms with Crippen molar-refractivity contribution in [3.63, 3.8) is 0 Å². The third-order valence-electron chi connectivity index (χ3n) is 2.10. The number of carbonyl (C=O) groups is 1. The summed E-state index contributed by atoms with van der Waals surface area (Å²) in [7, 11) is 0. The van der Waals surface area contributed by atoms with Gasteiger partial charge in [-0.05, 0) is 23.8 Å². The van der Waals surface area contributed by atoms with Crippen molar-refractivity contribution >= 4 is 17.7 Å². The first-order chi connectivity index (χ1) is 6.49. The highest BCUT2D eigenvalue weighted by Gasteiger charge is 2.16. The van der Waals surface area contributed by atoms with Crippen LogP contribution in [-0.4, -0.2) is 30.5 Å². The molecular weight excluding hydrogens is 196 g/mol. The van der Waals surface area contributed by atoms with Gasteiger partial charge in [-0.2, -0.15) is 11.8 Å². The summed E-state index contributed by atoms with van der Waals surface area (Å²) in [6.45, 7) is 6.75. The normalized spacial score (nSPS) is 15.3. The van der Waals surface area contributed by atoms with Gasteiger partial charge in [-0.15, -0.1) is 0 Å². The molecule has 0 aromatic rings. The number of hydrogen-bond acceptors (Lipinski definition) is 3. The smallest absolute Gasteiger partial charge is 0.237 e. The lowest BCUT2D eigenvalue weighted by molar-refractivity contribution is -0.123. The number of nitrogens with one attached hydrogen (secondary N) is 1. The number of amides is 1. The van der Waals surface area contributed by atoms with Crippen molar-refractivity contribution in [1.29, 1.82) is 0 Å². The number of carbonyl (C=O) groups excluding carboxylic acids is 1. The van der Waals surface area contributed by atoms with Crippen molar-refractivity contribution in [2.75, 3.05) is 18.6 Å². The summed E-state index contributed by atoms with van der Waals surface area (Å²) in [6, 6.07) is -0.378. The van der Waals surface area contributed by atoms with Crippen molar-refractivity contribution in [2.24, 2.45) is 17.6 Å². The molecule has 1 unspecified atom stereocenters. The largest absolute Gasteiger partial charge is 0.354 e. The van der Waals surface area contributed by atoms with Gasteiger partial charge in [-0.1, -0.05) is 20.8 Å². The summed E-state index contributed by atoms with van der Waals surface area (Å²) in [4.78, 5) is 11.5. The first kappa shape index (κ1) is 13.8. The first-order valence-electron chi connectivity index (χ1n) is 5.01. The Morgan fingerprint density at radius 3 is 2.43 bits per heavy atom. The maximum atomic E-state index is 11.5. The average Bonchev–Trinajstić information content (AvgIpc) is 2.13. The van der Waals surface area contributed by atoms with E-state index in [2.05, 4.69) is 18.5 Å². The second-order valence-corrected chi connectivity index (χ2v) is 4.99. The van der Waals surface area contributed by atoms with Crippen molar-refractivity contribution in [1.82, 2.24) is 5.32 Å². The van der Waals surface area contributed by atoms with Gasteiger partial charge in [0, 0.05) is 6.54 Å². The van der Waals surface area contributed by atoms with E-state index in [4.69, 9.17) is 5.73 Å². The van der Waals surface area contributed by atoms with Crippen molar-refractivity contribution in [3.05, 3.63) is 0 Å². The first-order valence-corrected chi connectivity index (χ1v) is 6.40. The molecule has 14 heavy (non-hydrogen) atoms. The molecule has 0 saturated carbocycles. The average molecular weight is 218 g/mol. The Balaban J connectivity index is 3.73. The molecule has 84 valence electrons. The van der Waals surface area contributed by atoms with Crippen molar-refractivity contribution in [3.8, 4) is 0 Å². The van der Waals surface area contributed by atoms with Crippen LogP contribution in [0.5, 0.6) is 0 Å². The Hall–Kier alpha value is -0.220. The van der Waals surface area contributed by atoms with Crippen LogP contribution in [0.4, 0.5) is 0 Å². The Bertz CT molecular complexity index is 174.